The van der Waals surface area contributed by atoms with Crippen LogP contribution in [0.15, 0.2) is 35.5 Å². The lowest BCUT2D eigenvalue weighted by Crippen LogP contribution is -2.44. The summed E-state index contributed by atoms with van der Waals surface area (Å²) in [4.78, 5) is 25.8. The van der Waals surface area contributed by atoms with Crippen LogP contribution in [0.3, 0.4) is 0 Å². The van der Waals surface area contributed by atoms with Crippen LogP contribution in [0.2, 0.25) is 0 Å². The van der Waals surface area contributed by atoms with Crippen molar-refractivity contribution in [3.05, 3.63) is 36.8 Å². The molecule has 2 N–H and O–H groups in total. The van der Waals surface area contributed by atoms with Gasteiger partial charge in [0.05, 0.1) is 19.4 Å². The van der Waals surface area contributed by atoms with Crippen LogP contribution in [-0.2, 0) is 16.1 Å². The van der Waals surface area contributed by atoms with E-state index >= 15 is 0 Å². The standard InChI is InChI=1S/C16H23N3O3/c1-2-7-17-15(20)12-19-8-5-13(6-9-19)16(21)18-11-14-4-3-10-22-14/h2-4,10,13H,1,5-9,11-12H2,(H,17,20)(H,18,21). The Kier molecular flexibility index (Phi) is 6.21. The average molecular weight is 305 g/mol. The number of piperidine rings is 1. The zero-order valence-corrected chi connectivity index (χ0v) is 12.7. The Hall–Kier alpha value is -2.08. The molecule has 22 heavy (non-hydrogen) atoms. The van der Waals surface area contributed by atoms with Crippen molar-refractivity contribution in [2.24, 2.45) is 5.92 Å². The monoisotopic (exact) mass is 305 g/mol. The van der Waals surface area contributed by atoms with E-state index in [0.29, 0.717) is 19.6 Å². The molecule has 2 amide bonds. The van der Waals surface area contributed by atoms with E-state index in [1.807, 2.05) is 6.07 Å². The number of rotatable bonds is 7. The Labute approximate surface area is 130 Å². The second-order valence-electron chi connectivity index (χ2n) is 5.44. The van der Waals surface area contributed by atoms with Gasteiger partial charge in [0.15, 0.2) is 0 Å². The van der Waals surface area contributed by atoms with Gasteiger partial charge in [0.25, 0.3) is 0 Å². The molecule has 0 saturated carbocycles. The first-order valence-corrected chi connectivity index (χ1v) is 7.59. The molecule has 1 aromatic heterocycles. The zero-order valence-electron chi connectivity index (χ0n) is 12.7. The average Bonchev–Trinajstić information content (AvgIpc) is 3.05. The SMILES string of the molecule is C=CCNC(=O)CN1CCC(C(=O)NCc2ccco2)CC1. The van der Waals surface area contributed by atoms with Crippen LogP contribution < -0.4 is 10.6 Å². The molecular weight excluding hydrogens is 282 g/mol. The van der Waals surface area contributed by atoms with Gasteiger partial charge < -0.3 is 15.1 Å². The first kappa shape index (κ1) is 16.3. The molecule has 120 valence electrons. The van der Waals surface area contributed by atoms with Gasteiger partial charge in [-0.2, -0.15) is 0 Å². The third-order valence-corrected chi connectivity index (χ3v) is 3.79. The van der Waals surface area contributed by atoms with Crippen molar-refractivity contribution in [2.75, 3.05) is 26.2 Å². The quantitative estimate of drug-likeness (QED) is 0.734. The molecule has 0 radical (unpaired) electrons. The summed E-state index contributed by atoms with van der Waals surface area (Å²) in [6.45, 7) is 6.39. The van der Waals surface area contributed by atoms with Crippen molar-refractivity contribution in [2.45, 2.75) is 19.4 Å². The molecule has 1 aliphatic rings. The van der Waals surface area contributed by atoms with Gasteiger partial charge in [-0.15, -0.1) is 6.58 Å². The highest BCUT2D eigenvalue weighted by atomic mass is 16.3. The van der Waals surface area contributed by atoms with Gasteiger partial charge in [0.1, 0.15) is 5.76 Å². The molecule has 0 spiro atoms. The van der Waals surface area contributed by atoms with Crippen molar-refractivity contribution < 1.29 is 14.0 Å². The Morgan fingerprint density at radius 2 is 2.14 bits per heavy atom. The summed E-state index contributed by atoms with van der Waals surface area (Å²) in [7, 11) is 0. The highest BCUT2D eigenvalue weighted by Crippen LogP contribution is 2.17. The molecule has 2 heterocycles. The van der Waals surface area contributed by atoms with E-state index in [1.54, 1.807) is 18.4 Å². The normalized spacial score (nSPS) is 16.2. The lowest BCUT2D eigenvalue weighted by atomic mass is 9.96. The maximum atomic E-state index is 12.1. The molecule has 1 aliphatic heterocycles. The summed E-state index contributed by atoms with van der Waals surface area (Å²) in [6, 6.07) is 3.64. The molecule has 1 saturated heterocycles. The lowest BCUT2D eigenvalue weighted by molar-refractivity contribution is -0.127. The van der Waals surface area contributed by atoms with Crippen LogP contribution in [-0.4, -0.2) is 42.9 Å². The minimum absolute atomic E-state index is 0.000575. The summed E-state index contributed by atoms with van der Waals surface area (Å²) >= 11 is 0. The summed E-state index contributed by atoms with van der Waals surface area (Å²) < 4.78 is 5.19. The second-order valence-corrected chi connectivity index (χ2v) is 5.44. The van der Waals surface area contributed by atoms with Crippen LogP contribution in [0.25, 0.3) is 0 Å². The van der Waals surface area contributed by atoms with Crippen LogP contribution in [0, 0.1) is 5.92 Å². The van der Waals surface area contributed by atoms with Crippen molar-refractivity contribution in [1.29, 1.82) is 0 Å². The Morgan fingerprint density at radius 3 is 2.77 bits per heavy atom. The topological polar surface area (TPSA) is 74.6 Å². The fourth-order valence-corrected chi connectivity index (χ4v) is 2.53. The number of nitrogens with zero attached hydrogens (tertiary/aromatic N) is 1. The number of hydrogen-bond acceptors (Lipinski definition) is 4. The summed E-state index contributed by atoms with van der Waals surface area (Å²) in [5.74, 6) is 0.833. The van der Waals surface area contributed by atoms with Crippen LogP contribution in [0.1, 0.15) is 18.6 Å². The molecule has 0 aliphatic carbocycles. The van der Waals surface area contributed by atoms with E-state index in [-0.39, 0.29) is 17.7 Å². The maximum Gasteiger partial charge on any atom is 0.234 e. The van der Waals surface area contributed by atoms with Crippen LogP contribution in [0.4, 0.5) is 0 Å². The van der Waals surface area contributed by atoms with Crippen LogP contribution in [0.5, 0.6) is 0 Å². The van der Waals surface area contributed by atoms with Gasteiger partial charge in [-0.1, -0.05) is 6.08 Å². The number of hydrogen-bond donors (Lipinski definition) is 2. The first-order valence-electron chi connectivity index (χ1n) is 7.59. The van der Waals surface area contributed by atoms with Gasteiger partial charge in [-0.3, -0.25) is 14.5 Å². The third kappa shape index (κ3) is 5.04. The molecule has 2 rings (SSSR count). The van der Waals surface area contributed by atoms with E-state index in [2.05, 4.69) is 22.1 Å². The molecule has 0 atom stereocenters. The highest BCUT2D eigenvalue weighted by molar-refractivity contribution is 5.79. The van der Waals surface area contributed by atoms with E-state index in [1.165, 1.54) is 0 Å². The minimum Gasteiger partial charge on any atom is -0.467 e. The minimum atomic E-state index is 0.000575. The second kappa shape index (κ2) is 8.38. The predicted molar refractivity (Wildman–Crippen MR) is 82.9 cm³/mol. The first-order chi connectivity index (χ1) is 10.7. The molecule has 1 fully saturated rings. The van der Waals surface area contributed by atoms with Crippen molar-refractivity contribution in [3.8, 4) is 0 Å². The molecule has 0 aromatic carbocycles. The van der Waals surface area contributed by atoms with Gasteiger partial charge in [0, 0.05) is 12.5 Å². The fraction of sp³-hybridized carbons (Fsp3) is 0.500. The Bertz CT molecular complexity index is 491. The van der Waals surface area contributed by atoms with E-state index in [9.17, 15) is 9.59 Å². The molecular formula is C16H23N3O3. The summed E-state index contributed by atoms with van der Waals surface area (Å²) in [5.41, 5.74) is 0. The van der Waals surface area contributed by atoms with E-state index < -0.39 is 0 Å². The largest absolute Gasteiger partial charge is 0.467 e. The number of nitrogens with one attached hydrogen (secondary N) is 2. The van der Waals surface area contributed by atoms with Gasteiger partial charge in [0.2, 0.25) is 11.8 Å². The third-order valence-electron chi connectivity index (χ3n) is 3.79. The highest BCUT2D eigenvalue weighted by Gasteiger charge is 2.25. The number of furan rings is 1. The summed E-state index contributed by atoms with van der Waals surface area (Å²) in [5, 5.41) is 5.66. The zero-order chi connectivity index (χ0) is 15.8. The number of carbonyl (C=O) groups excluding carboxylic acids is 2. The fourth-order valence-electron chi connectivity index (χ4n) is 2.53. The molecule has 0 unspecified atom stereocenters. The van der Waals surface area contributed by atoms with Gasteiger partial charge in [-0.05, 0) is 38.1 Å². The van der Waals surface area contributed by atoms with Gasteiger partial charge in [-0.25, -0.2) is 0 Å². The Morgan fingerprint density at radius 1 is 1.36 bits per heavy atom. The molecule has 1 aromatic rings. The van der Waals surface area contributed by atoms with Crippen molar-refractivity contribution in [1.82, 2.24) is 15.5 Å². The smallest absolute Gasteiger partial charge is 0.234 e. The number of likely N-dealkylation sites (tertiary alicyclic amines) is 1. The predicted octanol–water partition coefficient (Wildman–Crippen LogP) is 0.910. The number of amides is 2. The van der Waals surface area contributed by atoms with E-state index in [0.717, 1.165) is 31.7 Å². The van der Waals surface area contributed by atoms with E-state index in [4.69, 9.17) is 4.42 Å². The molecule has 6 heteroatoms. The molecule has 6 nitrogen and oxygen atoms in total. The van der Waals surface area contributed by atoms with Gasteiger partial charge >= 0.3 is 0 Å². The Balaban J connectivity index is 1.66. The van der Waals surface area contributed by atoms with Crippen molar-refractivity contribution in [3.63, 3.8) is 0 Å². The number of carbonyl (C=O) groups is 2. The van der Waals surface area contributed by atoms with Crippen molar-refractivity contribution >= 4 is 11.8 Å². The molecule has 0 bridgehead atoms. The summed E-state index contributed by atoms with van der Waals surface area (Å²) in [6.07, 6.45) is 4.81. The van der Waals surface area contributed by atoms with Crippen LogP contribution >= 0.6 is 0 Å². The maximum absolute atomic E-state index is 12.1. The lowest BCUT2D eigenvalue weighted by Gasteiger charge is -2.30.